The molecule has 2 aromatic heterocycles. The molecule has 2 amide bonds. The van der Waals surface area contributed by atoms with Crippen LogP contribution in [-0.2, 0) is 9.53 Å². The van der Waals surface area contributed by atoms with E-state index in [-0.39, 0.29) is 12.6 Å². The number of aromatic nitrogens is 2. The predicted octanol–water partition coefficient (Wildman–Crippen LogP) is 3.79. The number of carbonyl (C=O) groups is 2. The highest BCUT2D eigenvalue weighted by atomic mass is 32.1. The lowest BCUT2D eigenvalue weighted by atomic mass is 9.95. The summed E-state index contributed by atoms with van der Waals surface area (Å²) in [5, 5.41) is 12.3. The number of urea groups is 1. The lowest BCUT2D eigenvalue weighted by Crippen LogP contribution is -2.45. The predicted molar refractivity (Wildman–Crippen MR) is 111 cm³/mol. The number of rotatable bonds is 5. The van der Waals surface area contributed by atoms with Crippen LogP contribution in [0.4, 0.5) is 4.79 Å². The molecule has 1 aromatic carbocycles. The molecule has 0 bridgehead atoms. The number of hydrogen-bond acceptors (Lipinski definition) is 5. The SMILES string of the molecule is CCOC(=O)C1=C(C)NC(=O)N[C@@H]1c1cn(-c2ccccc2)nc1-c1cccs1. The molecule has 0 spiro atoms. The van der Waals surface area contributed by atoms with Crippen molar-refractivity contribution in [3.63, 3.8) is 0 Å². The number of esters is 1. The van der Waals surface area contributed by atoms with Gasteiger partial charge in [0.1, 0.15) is 5.69 Å². The number of para-hydroxylation sites is 1. The Morgan fingerprint density at radius 3 is 2.72 bits per heavy atom. The number of ether oxygens (including phenoxy) is 1. The van der Waals surface area contributed by atoms with E-state index in [1.54, 1.807) is 29.9 Å². The summed E-state index contributed by atoms with van der Waals surface area (Å²) in [6, 6.07) is 12.6. The Morgan fingerprint density at radius 2 is 2.03 bits per heavy atom. The first-order chi connectivity index (χ1) is 14.1. The molecule has 3 heterocycles. The highest BCUT2D eigenvalue weighted by Crippen LogP contribution is 2.36. The van der Waals surface area contributed by atoms with Gasteiger partial charge in [-0.1, -0.05) is 24.3 Å². The van der Waals surface area contributed by atoms with Crippen LogP contribution in [0.5, 0.6) is 0 Å². The highest BCUT2D eigenvalue weighted by molar-refractivity contribution is 7.13. The van der Waals surface area contributed by atoms with E-state index in [4.69, 9.17) is 9.84 Å². The molecule has 29 heavy (non-hydrogen) atoms. The van der Waals surface area contributed by atoms with Crippen LogP contribution in [0, 0.1) is 0 Å². The molecule has 0 unspecified atom stereocenters. The average molecular weight is 408 g/mol. The van der Waals surface area contributed by atoms with Gasteiger partial charge in [-0.3, -0.25) is 0 Å². The zero-order valence-corrected chi connectivity index (χ0v) is 16.8. The van der Waals surface area contributed by atoms with Crippen molar-refractivity contribution in [1.82, 2.24) is 20.4 Å². The third-order valence-electron chi connectivity index (χ3n) is 4.59. The summed E-state index contributed by atoms with van der Waals surface area (Å²) < 4.78 is 7.01. The normalized spacial score (nSPS) is 16.3. The average Bonchev–Trinajstić information content (AvgIpc) is 3.38. The number of hydrogen-bond donors (Lipinski definition) is 2. The summed E-state index contributed by atoms with van der Waals surface area (Å²) in [6.07, 6.45) is 1.85. The van der Waals surface area contributed by atoms with Gasteiger partial charge < -0.3 is 15.4 Å². The summed E-state index contributed by atoms with van der Waals surface area (Å²) in [4.78, 5) is 25.8. The highest BCUT2D eigenvalue weighted by Gasteiger charge is 2.35. The third-order valence-corrected chi connectivity index (χ3v) is 5.47. The Balaban J connectivity index is 1.88. The maximum atomic E-state index is 12.7. The van der Waals surface area contributed by atoms with Crippen molar-refractivity contribution in [3.05, 3.63) is 70.9 Å². The smallest absolute Gasteiger partial charge is 0.338 e. The summed E-state index contributed by atoms with van der Waals surface area (Å²) in [5.74, 6) is -0.466. The molecule has 7 nitrogen and oxygen atoms in total. The lowest BCUT2D eigenvalue weighted by molar-refractivity contribution is -0.139. The van der Waals surface area contributed by atoms with Crippen molar-refractivity contribution in [2.75, 3.05) is 6.61 Å². The molecule has 3 aromatic rings. The van der Waals surface area contributed by atoms with Gasteiger partial charge in [-0.05, 0) is 37.4 Å². The Labute approximate surface area is 172 Å². The fourth-order valence-corrected chi connectivity index (χ4v) is 4.05. The van der Waals surface area contributed by atoms with E-state index in [1.165, 1.54) is 0 Å². The maximum Gasteiger partial charge on any atom is 0.338 e. The number of nitrogens with one attached hydrogen (secondary N) is 2. The van der Waals surface area contributed by atoms with Crippen molar-refractivity contribution in [3.8, 4) is 16.3 Å². The Hall–Kier alpha value is -3.39. The molecular weight excluding hydrogens is 388 g/mol. The van der Waals surface area contributed by atoms with Crippen LogP contribution in [0.25, 0.3) is 16.3 Å². The van der Waals surface area contributed by atoms with Crippen molar-refractivity contribution in [2.24, 2.45) is 0 Å². The number of allylic oxidation sites excluding steroid dienone is 1. The molecular formula is C21H20N4O3S. The van der Waals surface area contributed by atoms with Gasteiger partial charge in [0.05, 0.1) is 28.8 Å². The Kier molecular flexibility index (Phi) is 5.18. The number of thiophene rings is 1. The molecule has 0 saturated carbocycles. The fraction of sp³-hybridized carbons (Fsp3) is 0.190. The van der Waals surface area contributed by atoms with Crippen molar-refractivity contribution >= 4 is 23.3 Å². The van der Waals surface area contributed by atoms with E-state index in [0.29, 0.717) is 17.0 Å². The quantitative estimate of drug-likeness (QED) is 0.629. The van der Waals surface area contributed by atoms with Gasteiger partial charge in [-0.25, -0.2) is 14.3 Å². The van der Waals surface area contributed by atoms with Crippen LogP contribution < -0.4 is 10.6 Å². The van der Waals surface area contributed by atoms with Gasteiger partial charge in [0.2, 0.25) is 0 Å². The van der Waals surface area contributed by atoms with Crippen LogP contribution >= 0.6 is 11.3 Å². The molecule has 148 valence electrons. The molecule has 0 radical (unpaired) electrons. The molecule has 2 N–H and O–H groups in total. The van der Waals surface area contributed by atoms with E-state index in [0.717, 1.165) is 16.1 Å². The van der Waals surface area contributed by atoms with Crippen LogP contribution in [0.15, 0.2) is 65.3 Å². The summed E-state index contributed by atoms with van der Waals surface area (Å²) in [6.45, 7) is 3.70. The molecule has 0 aliphatic carbocycles. The molecule has 4 rings (SSSR count). The Bertz CT molecular complexity index is 1070. The molecule has 0 fully saturated rings. The standard InChI is InChI=1S/C21H20N4O3S/c1-3-28-20(26)17-13(2)22-21(27)23-19(17)15-12-25(14-8-5-4-6-9-14)24-18(15)16-10-7-11-29-16/h4-12,19H,3H2,1-2H3,(H2,22,23,27)/t19-/m1/s1. The van der Waals surface area contributed by atoms with E-state index < -0.39 is 12.0 Å². The second kappa shape index (κ2) is 7.92. The number of amides is 2. The second-order valence-electron chi connectivity index (χ2n) is 6.48. The number of nitrogens with zero attached hydrogens (tertiary/aromatic N) is 2. The van der Waals surface area contributed by atoms with Crippen LogP contribution in [0.3, 0.4) is 0 Å². The topological polar surface area (TPSA) is 85.2 Å². The summed E-state index contributed by atoms with van der Waals surface area (Å²) in [5.41, 5.74) is 3.17. The monoisotopic (exact) mass is 408 g/mol. The van der Waals surface area contributed by atoms with Crippen molar-refractivity contribution < 1.29 is 14.3 Å². The van der Waals surface area contributed by atoms with Crippen molar-refractivity contribution in [2.45, 2.75) is 19.9 Å². The third kappa shape index (κ3) is 3.66. The molecule has 1 aliphatic rings. The minimum Gasteiger partial charge on any atom is -0.463 e. The minimum atomic E-state index is -0.669. The lowest BCUT2D eigenvalue weighted by Gasteiger charge is -2.27. The van der Waals surface area contributed by atoms with Gasteiger partial charge in [0.25, 0.3) is 0 Å². The van der Waals surface area contributed by atoms with Gasteiger partial charge in [0.15, 0.2) is 0 Å². The second-order valence-corrected chi connectivity index (χ2v) is 7.43. The fourth-order valence-electron chi connectivity index (χ4n) is 3.32. The number of carbonyl (C=O) groups excluding carboxylic acids is 2. The van der Waals surface area contributed by atoms with Gasteiger partial charge in [-0.15, -0.1) is 11.3 Å². The first-order valence-corrected chi connectivity index (χ1v) is 10.1. The van der Waals surface area contributed by atoms with Crippen LogP contribution in [0.2, 0.25) is 0 Å². The van der Waals surface area contributed by atoms with Gasteiger partial charge in [0, 0.05) is 17.5 Å². The van der Waals surface area contributed by atoms with Crippen LogP contribution in [-0.4, -0.2) is 28.4 Å². The van der Waals surface area contributed by atoms with E-state index in [1.807, 2.05) is 54.0 Å². The largest absolute Gasteiger partial charge is 0.463 e. The molecule has 1 aliphatic heterocycles. The summed E-state index contributed by atoms with van der Waals surface area (Å²) in [7, 11) is 0. The zero-order chi connectivity index (χ0) is 20.4. The Morgan fingerprint density at radius 1 is 1.24 bits per heavy atom. The molecule has 0 saturated heterocycles. The van der Waals surface area contributed by atoms with Crippen LogP contribution in [0.1, 0.15) is 25.5 Å². The molecule has 1 atom stereocenters. The first kappa shape index (κ1) is 18.9. The summed E-state index contributed by atoms with van der Waals surface area (Å²) >= 11 is 1.55. The zero-order valence-electron chi connectivity index (χ0n) is 16.0. The number of benzene rings is 1. The van der Waals surface area contributed by atoms with E-state index >= 15 is 0 Å². The molecule has 8 heteroatoms. The van der Waals surface area contributed by atoms with Gasteiger partial charge in [-0.2, -0.15) is 5.10 Å². The van der Waals surface area contributed by atoms with Gasteiger partial charge >= 0.3 is 12.0 Å². The maximum absolute atomic E-state index is 12.7. The van der Waals surface area contributed by atoms with E-state index in [2.05, 4.69) is 10.6 Å². The van der Waals surface area contributed by atoms with E-state index in [9.17, 15) is 9.59 Å². The van der Waals surface area contributed by atoms with Crippen molar-refractivity contribution in [1.29, 1.82) is 0 Å². The minimum absolute atomic E-state index is 0.247. The first-order valence-electron chi connectivity index (χ1n) is 9.22.